The molecular weight excluding hydrogens is 553 g/mol. The number of anilines is 1. The van der Waals surface area contributed by atoms with Crippen LogP contribution in [0.5, 0.6) is 0 Å². The zero-order valence-electron chi connectivity index (χ0n) is 18.5. The monoisotopic (exact) mass is 568 g/mol. The quantitative estimate of drug-likeness (QED) is 0.168. The lowest BCUT2D eigenvalue weighted by molar-refractivity contribution is -0.385. The molecule has 0 fully saturated rings. The largest absolute Gasteiger partial charge is 0.430 e. The minimum Gasteiger partial charge on any atom is -0.369 e. The van der Waals surface area contributed by atoms with Crippen LogP contribution < -0.4 is 4.31 Å². The first-order valence-electron chi connectivity index (χ1n) is 10.1. The van der Waals surface area contributed by atoms with Crippen molar-refractivity contribution in [2.24, 2.45) is 0 Å². The van der Waals surface area contributed by atoms with Gasteiger partial charge < -0.3 is 5.11 Å². The highest BCUT2D eigenvalue weighted by molar-refractivity contribution is 7.87. The molecule has 0 amide bonds. The van der Waals surface area contributed by atoms with Crippen molar-refractivity contribution in [2.75, 3.05) is 4.31 Å². The lowest BCUT2D eigenvalue weighted by Crippen LogP contribution is -2.53. The first kappa shape index (κ1) is 28.8. The van der Waals surface area contributed by atoms with Crippen LogP contribution in [0.3, 0.4) is 0 Å². The topological polar surface area (TPSA) is 121 Å². The predicted octanol–water partition coefficient (Wildman–Crippen LogP) is 5.52. The lowest BCUT2D eigenvalue weighted by Gasteiger charge is -2.32. The molecule has 3 aromatic rings. The molecule has 0 aliphatic rings. The predicted molar refractivity (Wildman–Crippen MR) is 119 cm³/mol. The number of nitro benzene ring substituents is 1. The SMILES string of the molecule is O=[N+]([O-])c1ccccc1CN(c1ccc(-c2ccc(C(O)(C(F)(F)F)C(F)(F)F)cc2F)cc1)S(=O)(=O)O. The average Bonchev–Trinajstić information content (AvgIpc) is 2.80. The molecule has 0 aliphatic carbocycles. The van der Waals surface area contributed by atoms with E-state index >= 15 is 0 Å². The highest BCUT2D eigenvalue weighted by Gasteiger charge is 2.71. The van der Waals surface area contributed by atoms with Gasteiger partial charge in [0.1, 0.15) is 5.82 Å². The minimum absolute atomic E-state index is 0.0948. The molecule has 16 heteroatoms. The Kier molecular flexibility index (Phi) is 7.46. The van der Waals surface area contributed by atoms with Crippen molar-refractivity contribution in [3.05, 3.63) is 93.8 Å². The van der Waals surface area contributed by atoms with Crippen molar-refractivity contribution in [1.29, 1.82) is 0 Å². The van der Waals surface area contributed by atoms with E-state index in [2.05, 4.69) is 0 Å². The molecule has 8 nitrogen and oxygen atoms in total. The molecule has 0 spiro atoms. The van der Waals surface area contributed by atoms with Gasteiger partial charge in [-0.1, -0.05) is 42.5 Å². The number of aliphatic hydroxyl groups is 1. The molecule has 2 N–H and O–H groups in total. The van der Waals surface area contributed by atoms with E-state index in [9.17, 15) is 58.9 Å². The Morgan fingerprint density at radius 3 is 1.92 bits per heavy atom. The molecule has 204 valence electrons. The fraction of sp³-hybridized carbons (Fsp3) is 0.182. The molecule has 0 radical (unpaired) electrons. The van der Waals surface area contributed by atoms with E-state index in [-0.39, 0.29) is 28.9 Å². The van der Waals surface area contributed by atoms with Crippen LogP contribution in [0.1, 0.15) is 11.1 Å². The van der Waals surface area contributed by atoms with Gasteiger partial charge in [0, 0.05) is 17.2 Å². The maximum Gasteiger partial charge on any atom is 0.430 e. The summed E-state index contributed by atoms with van der Waals surface area (Å²) in [7, 11) is -5.00. The van der Waals surface area contributed by atoms with Crippen molar-refractivity contribution < 1.29 is 53.7 Å². The molecule has 0 atom stereocenters. The number of rotatable bonds is 7. The van der Waals surface area contributed by atoms with Crippen molar-refractivity contribution in [3.8, 4) is 11.1 Å². The molecule has 0 aliphatic heterocycles. The standard InChI is InChI=1S/C22H15F7N2O6S/c23-18-11-15(20(32,21(24,25)26)22(27,28)29)7-10-17(18)13-5-8-16(9-6-13)30(38(35,36)37)12-14-3-1-2-4-19(14)31(33)34/h1-11,32H,12H2,(H,35,36,37). The summed E-state index contributed by atoms with van der Waals surface area (Å²) in [4.78, 5) is 10.4. The van der Waals surface area contributed by atoms with Gasteiger partial charge in [0.25, 0.3) is 11.3 Å². The van der Waals surface area contributed by atoms with Crippen LogP contribution in [0, 0.1) is 15.9 Å². The van der Waals surface area contributed by atoms with E-state index in [4.69, 9.17) is 0 Å². The molecule has 38 heavy (non-hydrogen) atoms. The minimum atomic E-state index is -6.21. The van der Waals surface area contributed by atoms with E-state index in [1.54, 1.807) is 0 Å². The Hall–Kier alpha value is -3.76. The van der Waals surface area contributed by atoms with Crippen LogP contribution >= 0.6 is 0 Å². The van der Waals surface area contributed by atoms with Crippen molar-refractivity contribution in [1.82, 2.24) is 0 Å². The molecular formula is C22H15F7N2O6S. The fourth-order valence-corrected chi connectivity index (χ4v) is 4.24. The van der Waals surface area contributed by atoms with Gasteiger partial charge in [-0.3, -0.25) is 14.7 Å². The maximum atomic E-state index is 14.6. The summed E-state index contributed by atoms with van der Waals surface area (Å²) in [5, 5.41) is 20.7. The zero-order chi connectivity index (χ0) is 28.7. The van der Waals surface area contributed by atoms with E-state index in [1.165, 1.54) is 18.2 Å². The Bertz CT molecular complexity index is 1440. The Morgan fingerprint density at radius 1 is 0.895 bits per heavy atom. The molecule has 0 aromatic heterocycles. The van der Waals surface area contributed by atoms with Crippen molar-refractivity contribution in [3.63, 3.8) is 0 Å². The Balaban J connectivity index is 2.00. The molecule has 0 saturated carbocycles. The van der Waals surface area contributed by atoms with E-state index < -0.39 is 62.4 Å². The molecule has 3 rings (SSSR count). The number of hydrogen-bond acceptors (Lipinski definition) is 5. The van der Waals surface area contributed by atoms with Crippen LogP contribution in [0.15, 0.2) is 66.7 Å². The number of halogens is 7. The van der Waals surface area contributed by atoms with E-state index in [0.29, 0.717) is 10.4 Å². The van der Waals surface area contributed by atoms with Crippen LogP contribution in [0.25, 0.3) is 11.1 Å². The molecule has 0 heterocycles. The summed E-state index contributed by atoms with van der Waals surface area (Å²) in [6.07, 6.45) is -12.4. The second-order valence-corrected chi connectivity index (χ2v) is 9.15. The Morgan fingerprint density at radius 2 is 1.45 bits per heavy atom. The first-order valence-corrected chi connectivity index (χ1v) is 11.5. The fourth-order valence-electron chi connectivity index (χ4n) is 3.55. The van der Waals surface area contributed by atoms with Crippen LogP contribution in [-0.2, 0) is 22.4 Å². The van der Waals surface area contributed by atoms with Gasteiger partial charge in [-0.05, 0) is 23.8 Å². The number of nitrogens with zero attached hydrogens (tertiary/aromatic N) is 2. The lowest BCUT2D eigenvalue weighted by atomic mass is 9.90. The number of benzene rings is 3. The highest BCUT2D eigenvalue weighted by Crippen LogP contribution is 2.50. The number of hydrogen-bond donors (Lipinski definition) is 2. The van der Waals surface area contributed by atoms with E-state index in [1.807, 2.05) is 0 Å². The third-order valence-electron chi connectivity index (χ3n) is 5.45. The van der Waals surface area contributed by atoms with Gasteiger partial charge in [-0.2, -0.15) is 34.8 Å². The maximum absolute atomic E-state index is 14.6. The summed E-state index contributed by atoms with van der Waals surface area (Å²) in [6.45, 7) is -0.689. The Labute approximate surface area is 209 Å². The van der Waals surface area contributed by atoms with Crippen LogP contribution in [0.2, 0.25) is 0 Å². The normalized spacial score (nSPS) is 12.9. The van der Waals surface area contributed by atoms with Gasteiger partial charge in [0.05, 0.1) is 22.7 Å². The van der Waals surface area contributed by atoms with Crippen molar-refractivity contribution in [2.45, 2.75) is 24.5 Å². The van der Waals surface area contributed by atoms with Crippen LogP contribution in [-0.4, -0.2) is 35.4 Å². The van der Waals surface area contributed by atoms with Crippen molar-refractivity contribution >= 4 is 21.7 Å². The summed E-state index contributed by atoms with van der Waals surface area (Å²) < 4.78 is 127. The third kappa shape index (κ3) is 5.41. The first-order chi connectivity index (χ1) is 17.4. The van der Waals surface area contributed by atoms with Gasteiger partial charge in [0.15, 0.2) is 0 Å². The van der Waals surface area contributed by atoms with Crippen LogP contribution in [0.4, 0.5) is 42.1 Å². The highest BCUT2D eigenvalue weighted by atomic mass is 32.2. The van der Waals surface area contributed by atoms with Gasteiger partial charge in [-0.25, -0.2) is 8.70 Å². The second kappa shape index (κ2) is 9.85. The van der Waals surface area contributed by atoms with Gasteiger partial charge in [-0.15, -0.1) is 0 Å². The smallest absolute Gasteiger partial charge is 0.369 e. The molecule has 3 aromatic carbocycles. The zero-order valence-corrected chi connectivity index (χ0v) is 19.4. The summed E-state index contributed by atoms with van der Waals surface area (Å²) in [5.74, 6) is -1.56. The number of nitro groups is 1. The number of alkyl halides is 6. The molecule has 0 bridgehead atoms. The molecule has 0 unspecified atom stereocenters. The molecule has 0 saturated heterocycles. The number of para-hydroxylation sites is 1. The third-order valence-corrected chi connectivity index (χ3v) is 6.35. The second-order valence-electron chi connectivity index (χ2n) is 7.82. The summed E-state index contributed by atoms with van der Waals surface area (Å²) in [6, 6.07) is 9.88. The van der Waals surface area contributed by atoms with Gasteiger partial charge >= 0.3 is 22.7 Å². The van der Waals surface area contributed by atoms with E-state index in [0.717, 1.165) is 30.3 Å². The summed E-state index contributed by atoms with van der Waals surface area (Å²) >= 11 is 0. The summed E-state index contributed by atoms with van der Waals surface area (Å²) in [5.41, 5.74) is -8.56. The average molecular weight is 568 g/mol. The van der Waals surface area contributed by atoms with Gasteiger partial charge in [0.2, 0.25) is 0 Å².